The zero-order valence-electron chi connectivity index (χ0n) is 7.90. The first-order valence-electron chi connectivity index (χ1n) is 4.29. The van der Waals surface area contributed by atoms with Crippen molar-refractivity contribution in [2.45, 2.75) is 17.9 Å². The maximum Gasteiger partial charge on any atom is 0.294 e. The van der Waals surface area contributed by atoms with Gasteiger partial charge in [0.25, 0.3) is 10.1 Å². The smallest absolute Gasteiger partial charge is 0.294 e. The second kappa shape index (κ2) is 3.26. The van der Waals surface area contributed by atoms with Crippen LogP contribution >= 0.6 is 0 Å². The molecule has 1 fully saturated rings. The number of rotatable bonds is 2. The van der Waals surface area contributed by atoms with Crippen LogP contribution in [-0.4, -0.2) is 19.6 Å². The Labute approximate surface area is 86.4 Å². The molecule has 1 saturated heterocycles. The summed E-state index contributed by atoms with van der Waals surface area (Å²) in [5.41, 5.74) is 0.255. The highest BCUT2D eigenvalue weighted by molar-refractivity contribution is 7.85. The summed E-state index contributed by atoms with van der Waals surface area (Å²) >= 11 is 0. The monoisotopic (exact) mass is 232 g/mol. The van der Waals surface area contributed by atoms with Crippen molar-refractivity contribution in [3.63, 3.8) is 0 Å². The minimum absolute atomic E-state index is 0.0782. The molecule has 1 unspecified atom stereocenters. The SMILES string of the molecule is Cc1c(S(=O)(=O)O)ccc(C2CO2)c1F. The minimum Gasteiger partial charge on any atom is -0.368 e. The molecule has 0 amide bonds. The first-order valence-corrected chi connectivity index (χ1v) is 5.73. The molecule has 1 aliphatic rings. The van der Waals surface area contributed by atoms with Crippen LogP contribution < -0.4 is 0 Å². The molecule has 1 heterocycles. The Hall–Kier alpha value is -0.980. The molecule has 1 N–H and O–H groups in total. The number of benzene rings is 1. The molecular formula is C9H9FO4S. The normalized spacial score (nSPS) is 20.3. The Morgan fingerprint density at radius 2 is 2.13 bits per heavy atom. The van der Waals surface area contributed by atoms with Gasteiger partial charge in [-0.25, -0.2) is 4.39 Å². The number of hydrogen-bond acceptors (Lipinski definition) is 3. The number of hydrogen-bond donors (Lipinski definition) is 1. The highest BCUT2D eigenvalue weighted by atomic mass is 32.2. The van der Waals surface area contributed by atoms with Gasteiger partial charge in [0.2, 0.25) is 0 Å². The molecule has 0 radical (unpaired) electrons. The second-order valence-corrected chi connectivity index (χ2v) is 4.78. The largest absolute Gasteiger partial charge is 0.368 e. The van der Waals surface area contributed by atoms with E-state index >= 15 is 0 Å². The van der Waals surface area contributed by atoms with Gasteiger partial charge in [-0.2, -0.15) is 8.42 Å². The Morgan fingerprint density at radius 3 is 2.60 bits per heavy atom. The van der Waals surface area contributed by atoms with Crippen molar-refractivity contribution in [3.05, 3.63) is 29.1 Å². The lowest BCUT2D eigenvalue weighted by molar-refractivity contribution is 0.406. The average molecular weight is 232 g/mol. The van der Waals surface area contributed by atoms with Crippen molar-refractivity contribution in [1.29, 1.82) is 0 Å². The molecule has 4 nitrogen and oxygen atoms in total. The lowest BCUT2D eigenvalue weighted by atomic mass is 10.1. The molecule has 1 aromatic carbocycles. The fourth-order valence-corrected chi connectivity index (χ4v) is 2.16. The standard InChI is InChI=1S/C9H9FO4S/c1-5-8(15(11,12)13)3-2-6(9(5)10)7-4-14-7/h2-3,7H,4H2,1H3,(H,11,12,13). The lowest BCUT2D eigenvalue weighted by Crippen LogP contribution is -2.04. The molecule has 82 valence electrons. The molecule has 1 aromatic rings. The van der Waals surface area contributed by atoms with Crippen LogP contribution in [0.5, 0.6) is 0 Å². The predicted octanol–water partition coefficient (Wildman–Crippen LogP) is 1.45. The molecule has 6 heteroatoms. The average Bonchev–Trinajstić information content (AvgIpc) is 2.90. The summed E-state index contributed by atoms with van der Waals surface area (Å²) in [5.74, 6) is -0.632. The number of ether oxygens (including phenoxy) is 1. The van der Waals surface area contributed by atoms with E-state index in [1.807, 2.05) is 0 Å². The summed E-state index contributed by atoms with van der Waals surface area (Å²) in [6, 6.07) is 2.51. The van der Waals surface area contributed by atoms with E-state index in [1.54, 1.807) is 0 Å². The van der Waals surface area contributed by atoms with Crippen molar-refractivity contribution >= 4 is 10.1 Å². The summed E-state index contributed by atoms with van der Waals surface area (Å²) < 4.78 is 49.1. The maximum absolute atomic E-state index is 13.6. The fourth-order valence-electron chi connectivity index (χ4n) is 1.44. The molecule has 0 aromatic heterocycles. The van der Waals surface area contributed by atoms with Gasteiger partial charge in [0.15, 0.2) is 0 Å². The molecule has 0 bridgehead atoms. The second-order valence-electron chi connectivity index (χ2n) is 3.39. The van der Waals surface area contributed by atoms with Gasteiger partial charge in [-0.1, -0.05) is 6.07 Å². The Balaban J connectivity index is 2.58. The van der Waals surface area contributed by atoms with Crippen molar-refractivity contribution in [2.75, 3.05) is 6.61 Å². The summed E-state index contributed by atoms with van der Waals surface area (Å²) in [6.45, 7) is 1.76. The van der Waals surface area contributed by atoms with Crippen LogP contribution in [0.15, 0.2) is 17.0 Å². The lowest BCUT2D eigenvalue weighted by Gasteiger charge is -2.06. The van der Waals surface area contributed by atoms with Gasteiger partial charge in [0.1, 0.15) is 11.9 Å². The Bertz CT molecular complexity index is 505. The summed E-state index contributed by atoms with van der Waals surface area (Å²) in [6.07, 6.45) is -0.279. The molecule has 1 aliphatic heterocycles. The minimum atomic E-state index is -4.36. The van der Waals surface area contributed by atoms with Gasteiger partial charge in [-0.15, -0.1) is 0 Å². The van der Waals surface area contributed by atoms with Crippen LogP contribution in [0.25, 0.3) is 0 Å². The van der Waals surface area contributed by atoms with E-state index in [0.29, 0.717) is 12.2 Å². The highest BCUT2D eigenvalue weighted by Gasteiger charge is 2.30. The molecule has 0 aliphatic carbocycles. The van der Waals surface area contributed by atoms with Crippen LogP contribution in [0.3, 0.4) is 0 Å². The van der Waals surface area contributed by atoms with Gasteiger partial charge in [-0.05, 0) is 13.0 Å². The molecule has 0 spiro atoms. The first kappa shape index (κ1) is 10.5. The van der Waals surface area contributed by atoms with Crippen LogP contribution in [-0.2, 0) is 14.9 Å². The topological polar surface area (TPSA) is 66.9 Å². The van der Waals surface area contributed by atoms with Gasteiger partial charge in [-0.3, -0.25) is 4.55 Å². The molecule has 2 rings (SSSR count). The van der Waals surface area contributed by atoms with E-state index < -0.39 is 20.8 Å². The molecule has 0 saturated carbocycles. The third-order valence-corrected chi connectivity index (χ3v) is 3.32. The van der Waals surface area contributed by atoms with Crippen LogP contribution in [0, 0.1) is 12.7 Å². The Kier molecular flexibility index (Phi) is 2.29. The summed E-state index contributed by atoms with van der Waals surface area (Å²) in [4.78, 5) is -0.399. The zero-order valence-corrected chi connectivity index (χ0v) is 8.71. The quantitative estimate of drug-likeness (QED) is 0.619. The predicted molar refractivity (Wildman–Crippen MR) is 49.6 cm³/mol. The zero-order chi connectivity index (χ0) is 11.2. The number of halogens is 1. The first-order chi connectivity index (χ1) is 6.91. The van der Waals surface area contributed by atoms with Gasteiger partial charge in [0, 0.05) is 11.1 Å². The van der Waals surface area contributed by atoms with Crippen molar-refractivity contribution in [3.8, 4) is 0 Å². The Morgan fingerprint density at radius 1 is 1.53 bits per heavy atom. The van der Waals surface area contributed by atoms with Crippen molar-refractivity contribution in [1.82, 2.24) is 0 Å². The molecule has 15 heavy (non-hydrogen) atoms. The van der Waals surface area contributed by atoms with Gasteiger partial charge < -0.3 is 4.74 Å². The van der Waals surface area contributed by atoms with E-state index in [2.05, 4.69) is 0 Å². The van der Waals surface area contributed by atoms with E-state index in [9.17, 15) is 12.8 Å². The van der Waals surface area contributed by atoms with Crippen LogP contribution in [0.1, 0.15) is 17.2 Å². The van der Waals surface area contributed by atoms with Gasteiger partial charge >= 0.3 is 0 Å². The summed E-state index contributed by atoms with van der Waals surface area (Å²) in [7, 11) is -4.36. The van der Waals surface area contributed by atoms with E-state index in [4.69, 9.17) is 9.29 Å². The third kappa shape index (κ3) is 1.88. The highest BCUT2D eigenvalue weighted by Crippen LogP contribution is 2.34. The van der Waals surface area contributed by atoms with Crippen LogP contribution in [0.4, 0.5) is 4.39 Å². The van der Waals surface area contributed by atoms with E-state index in [0.717, 1.165) is 0 Å². The fraction of sp³-hybridized carbons (Fsp3) is 0.333. The van der Waals surface area contributed by atoms with Crippen molar-refractivity contribution < 1.29 is 22.1 Å². The number of epoxide rings is 1. The van der Waals surface area contributed by atoms with E-state index in [-0.39, 0.29) is 11.7 Å². The van der Waals surface area contributed by atoms with Crippen molar-refractivity contribution in [2.24, 2.45) is 0 Å². The van der Waals surface area contributed by atoms with Crippen LogP contribution in [0.2, 0.25) is 0 Å². The summed E-state index contributed by atoms with van der Waals surface area (Å²) in [5, 5.41) is 0. The third-order valence-electron chi connectivity index (χ3n) is 2.32. The molecular weight excluding hydrogens is 223 g/mol. The molecule has 1 atom stereocenters. The van der Waals surface area contributed by atoms with E-state index in [1.165, 1.54) is 19.1 Å². The maximum atomic E-state index is 13.6. The van der Waals surface area contributed by atoms with Gasteiger partial charge in [0.05, 0.1) is 11.5 Å².